The minimum atomic E-state index is -0.374. The van der Waals surface area contributed by atoms with Crippen molar-refractivity contribution in [2.75, 3.05) is 0 Å². The molecule has 0 aromatic carbocycles. The van der Waals surface area contributed by atoms with Crippen LogP contribution in [0.3, 0.4) is 0 Å². The highest BCUT2D eigenvalue weighted by Gasteiger charge is 2.44. The van der Waals surface area contributed by atoms with Crippen LogP contribution >= 0.6 is 0 Å². The zero-order chi connectivity index (χ0) is 15.4. The lowest BCUT2D eigenvalue weighted by Gasteiger charge is -2.44. The number of carbonyl (C=O) groups is 2. The third kappa shape index (κ3) is 3.23. The van der Waals surface area contributed by atoms with Crippen LogP contribution in [-0.2, 0) is 9.59 Å². The summed E-state index contributed by atoms with van der Waals surface area (Å²) in [6, 6.07) is -0.800. The van der Waals surface area contributed by atoms with Crippen LogP contribution in [0, 0.1) is 18.3 Å². The Bertz CT molecular complexity index is 435. The van der Waals surface area contributed by atoms with E-state index in [2.05, 4.69) is 11.2 Å². The number of hydrogen-bond acceptors (Lipinski definition) is 2. The second kappa shape index (κ2) is 6.98. The zero-order valence-electron chi connectivity index (χ0n) is 13.1. The van der Waals surface area contributed by atoms with Crippen molar-refractivity contribution in [1.29, 1.82) is 0 Å². The molecule has 1 aliphatic carbocycles. The molecule has 4 heteroatoms. The first-order chi connectivity index (χ1) is 10.1. The lowest BCUT2D eigenvalue weighted by molar-refractivity contribution is -0.153. The Balaban J connectivity index is 2.20. The highest BCUT2D eigenvalue weighted by atomic mass is 16.2. The number of terminal acetylenes is 1. The number of rotatable bonds is 4. The van der Waals surface area contributed by atoms with Gasteiger partial charge in [-0.2, -0.15) is 0 Å². The quantitative estimate of drug-likeness (QED) is 0.806. The first kappa shape index (κ1) is 15.9. The van der Waals surface area contributed by atoms with Crippen molar-refractivity contribution in [3.8, 4) is 12.3 Å². The largest absolute Gasteiger partial charge is 0.342 e. The number of hydrogen-bond donors (Lipinski definition) is 1. The van der Waals surface area contributed by atoms with E-state index >= 15 is 0 Å². The predicted octanol–water partition coefficient (Wildman–Crippen LogP) is 2.08. The van der Waals surface area contributed by atoms with Crippen LogP contribution in [0.15, 0.2) is 0 Å². The Morgan fingerprint density at radius 1 is 1.33 bits per heavy atom. The molecule has 21 heavy (non-hydrogen) atoms. The smallest absolute Gasteiger partial charge is 0.246 e. The molecule has 0 aromatic rings. The lowest BCUT2D eigenvalue weighted by Crippen LogP contribution is -2.66. The van der Waals surface area contributed by atoms with Crippen molar-refractivity contribution in [3.63, 3.8) is 0 Å². The molecule has 1 heterocycles. The van der Waals surface area contributed by atoms with Crippen LogP contribution in [0.5, 0.6) is 0 Å². The van der Waals surface area contributed by atoms with Crippen LogP contribution in [0.1, 0.15) is 58.8 Å². The molecule has 2 rings (SSSR count). The fourth-order valence-electron chi connectivity index (χ4n) is 3.71. The van der Waals surface area contributed by atoms with Gasteiger partial charge in [0.1, 0.15) is 12.1 Å². The van der Waals surface area contributed by atoms with Crippen LogP contribution in [0.4, 0.5) is 0 Å². The normalized spacial score (nSPS) is 28.9. The molecule has 0 spiro atoms. The topological polar surface area (TPSA) is 49.4 Å². The second-order valence-electron chi connectivity index (χ2n) is 6.31. The van der Waals surface area contributed by atoms with E-state index in [9.17, 15) is 9.59 Å². The van der Waals surface area contributed by atoms with Gasteiger partial charge in [-0.25, -0.2) is 0 Å². The average molecular weight is 290 g/mol. The van der Waals surface area contributed by atoms with E-state index in [1.807, 2.05) is 13.8 Å². The van der Waals surface area contributed by atoms with E-state index in [-0.39, 0.29) is 35.9 Å². The minimum absolute atomic E-state index is 0.0171. The van der Waals surface area contributed by atoms with Crippen molar-refractivity contribution in [1.82, 2.24) is 10.2 Å². The van der Waals surface area contributed by atoms with E-state index in [1.54, 1.807) is 4.90 Å². The molecule has 3 atom stereocenters. The highest BCUT2D eigenvalue weighted by molar-refractivity contribution is 5.97. The fourth-order valence-corrected chi connectivity index (χ4v) is 3.71. The molecule has 116 valence electrons. The van der Waals surface area contributed by atoms with Crippen molar-refractivity contribution in [2.45, 2.75) is 76.9 Å². The Morgan fingerprint density at radius 3 is 2.57 bits per heavy atom. The first-order valence-electron chi connectivity index (χ1n) is 8.16. The van der Waals surface area contributed by atoms with Crippen molar-refractivity contribution >= 4 is 11.8 Å². The molecule has 2 amide bonds. The van der Waals surface area contributed by atoms with Crippen molar-refractivity contribution in [3.05, 3.63) is 0 Å². The van der Waals surface area contributed by atoms with Gasteiger partial charge in [0.05, 0.1) is 0 Å². The van der Waals surface area contributed by atoms with Crippen LogP contribution < -0.4 is 5.32 Å². The summed E-state index contributed by atoms with van der Waals surface area (Å²) in [6.07, 6.45) is 12.1. The maximum Gasteiger partial charge on any atom is 0.246 e. The van der Waals surface area contributed by atoms with E-state index in [0.717, 1.165) is 25.7 Å². The van der Waals surface area contributed by atoms with Crippen LogP contribution in [0.25, 0.3) is 0 Å². The van der Waals surface area contributed by atoms with E-state index in [1.165, 1.54) is 6.42 Å². The summed E-state index contributed by atoms with van der Waals surface area (Å²) in [6.45, 7) is 3.88. The molecule has 1 aliphatic heterocycles. The molecule has 3 unspecified atom stereocenters. The Morgan fingerprint density at radius 2 is 2.00 bits per heavy atom. The Kier molecular flexibility index (Phi) is 5.27. The number of piperazine rings is 1. The van der Waals surface area contributed by atoms with Gasteiger partial charge in [0.2, 0.25) is 11.8 Å². The Labute approximate surface area is 127 Å². The summed E-state index contributed by atoms with van der Waals surface area (Å²) in [5.74, 6) is 2.95. The van der Waals surface area contributed by atoms with Crippen molar-refractivity contribution in [2.24, 2.45) is 5.92 Å². The SMILES string of the molecule is C#CCC(C)N1C(=O)C(C2CCCCC2)NC(=O)C1CC. The fraction of sp³-hybridized carbons (Fsp3) is 0.765. The second-order valence-corrected chi connectivity index (χ2v) is 6.31. The number of nitrogens with zero attached hydrogens (tertiary/aromatic N) is 1. The molecule has 0 radical (unpaired) electrons. The summed E-state index contributed by atoms with van der Waals surface area (Å²) in [4.78, 5) is 27.0. The standard InChI is InChI=1S/C17H26N2O2/c1-4-9-12(3)19-14(5-2)16(20)18-15(17(19)21)13-10-7-6-8-11-13/h1,12-15H,5-11H2,2-3H3,(H,18,20). The van der Waals surface area contributed by atoms with Crippen LogP contribution in [-0.4, -0.2) is 34.8 Å². The van der Waals surface area contributed by atoms with Gasteiger partial charge >= 0.3 is 0 Å². The maximum atomic E-state index is 12.9. The van der Waals surface area contributed by atoms with Gasteiger partial charge in [-0.1, -0.05) is 26.2 Å². The lowest BCUT2D eigenvalue weighted by atomic mass is 9.81. The van der Waals surface area contributed by atoms with Crippen LogP contribution in [0.2, 0.25) is 0 Å². The minimum Gasteiger partial charge on any atom is -0.342 e. The predicted molar refractivity (Wildman–Crippen MR) is 82.3 cm³/mol. The van der Waals surface area contributed by atoms with Gasteiger partial charge in [-0.3, -0.25) is 9.59 Å². The van der Waals surface area contributed by atoms with E-state index in [0.29, 0.717) is 12.8 Å². The third-order valence-electron chi connectivity index (χ3n) is 4.85. The molecule has 1 saturated heterocycles. The summed E-state index contributed by atoms with van der Waals surface area (Å²) in [5, 5.41) is 2.98. The number of carbonyl (C=O) groups excluding carboxylic acids is 2. The molecule has 2 aliphatic rings. The van der Waals surface area contributed by atoms with Gasteiger partial charge < -0.3 is 10.2 Å². The van der Waals surface area contributed by atoms with Gasteiger partial charge in [0, 0.05) is 12.5 Å². The van der Waals surface area contributed by atoms with Gasteiger partial charge in [0.15, 0.2) is 0 Å². The maximum absolute atomic E-state index is 12.9. The van der Waals surface area contributed by atoms with E-state index < -0.39 is 0 Å². The molecule has 4 nitrogen and oxygen atoms in total. The van der Waals surface area contributed by atoms with Gasteiger partial charge in [0.25, 0.3) is 0 Å². The number of amides is 2. The highest BCUT2D eigenvalue weighted by Crippen LogP contribution is 2.30. The zero-order valence-corrected chi connectivity index (χ0v) is 13.1. The average Bonchev–Trinajstić information content (AvgIpc) is 2.49. The Hall–Kier alpha value is -1.50. The summed E-state index contributed by atoms with van der Waals surface area (Å²) in [5.41, 5.74) is 0. The molecular formula is C17H26N2O2. The number of nitrogens with one attached hydrogen (secondary N) is 1. The molecule has 0 aromatic heterocycles. The molecule has 0 bridgehead atoms. The van der Waals surface area contributed by atoms with Crippen molar-refractivity contribution < 1.29 is 9.59 Å². The summed E-state index contributed by atoms with van der Waals surface area (Å²) >= 11 is 0. The third-order valence-corrected chi connectivity index (χ3v) is 4.85. The first-order valence-corrected chi connectivity index (χ1v) is 8.16. The summed E-state index contributed by atoms with van der Waals surface area (Å²) in [7, 11) is 0. The van der Waals surface area contributed by atoms with E-state index in [4.69, 9.17) is 6.42 Å². The van der Waals surface area contributed by atoms with Gasteiger partial charge in [-0.15, -0.1) is 12.3 Å². The summed E-state index contributed by atoms with van der Waals surface area (Å²) < 4.78 is 0. The molecule has 2 fully saturated rings. The molecular weight excluding hydrogens is 264 g/mol. The van der Waals surface area contributed by atoms with Gasteiger partial charge in [-0.05, 0) is 32.1 Å². The molecule has 1 saturated carbocycles. The monoisotopic (exact) mass is 290 g/mol. The molecule has 1 N–H and O–H groups in total.